The molecular formula is C19H30FN3OS. The Morgan fingerprint density at radius 1 is 1.20 bits per heavy atom. The molecule has 0 bridgehead atoms. The molecule has 0 aliphatic rings. The maximum Gasteiger partial charge on any atom is 0.259 e. The van der Waals surface area contributed by atoms with Gasteiger partial charge < -0.3 is 11.1 Å². The molecule has 0 aliphatic heterocycles. The van der Waals surface area contributed by atoms with Gasteiger partial charge >= 0.3 is 0 Å². The summed E-state index contributed by atoms with van der Waals surface area (Å²) >= 11 is 1.37. The van der Waals surface area contributed by atoms with Crippen molar-refractivity contribution in [3.63, 3.8) is 0 Å². The molecule has 0 spiro atoms. The highest BCUT2D eigenvalue weighted by molar-refractivity contribution is 8.03. The molecule has 0 atom stereocenters. The summed E-state index contributed by atoms with van der Waals surface area (Å²) in [6.07, 6.45) is 0. The van der Waals surface area contributed by atoms with Gasteiger partial charge in [0.05, 0.1) is 4.91 Å². The standard InChI is InChI=1S/C19H30FN3OS/c1-13(2)23(14(3)4)11-10-22-19(24)18(15(5)21)25-12-16-6-8-17(20)9-7-16/h6-9,13-14H,10-12,21H2,1-5H3,(H,22,24)/b18-15-. The normalized spacial score (nSPS) is 12.7. The van der Waals surface area contributed by atoms with Crippen molar-refractivity contribution in [3.05, 3.63) is 46.2 Å². The van der Waals surface area contributed by atoms with Crippen molar-refractivity contribution >= 4 is 17.7 Å². The first kappa shape index (κ1) is 21.5. The molecule has 0 heterocycles. The van der Waals surface area contributed by atoms with Crippen LogP contribution >= 0.6 is 11.8 Å². The first-order valence-corrected chi connectivity index (χ1v) is 9.58. The summed E-state index contributed by atoms with van der Waals surface area (Å²) in [7, 11) is 0. The number of benzene rings is 1. The third-order valence-corrected chi connectivity index (χ3v) is 5.12. The van der Waals surface area contributed by atoms with E-state index in [1.165, 1.54) is 23.9 Å². The van der Waals surface area contributed by atoms with Crippen LogP contribution in [0.3, 0.4) is 0 Å². The quantitative estimate of drug-likeness (QED) is 0.656. The lowest BCUT2D eigenvalue weighted by Gasteiger charge is -2.30. The van der Waals surface area contributed by atoms with Crippen molar-refractivity contribution in [1.82, 2.24) is 10.2 Å². The molecule has 4 nitrogen and oxygen atoms in total. The molecule has 0 fully saturated rings. The molecule has 0 saturated carbocycles. The van der Waals surface area contributed by atoms with Gasteiger partial charge in [-0.3, -0.25) is 9.69 Å². The van der Waals surface area contributed by atoms with Gasteiger partial charge in [0.2, 0.25) is 0 Å². The Balaban J connectivity index is 2.57. The van der Waals surface area contributed by atoms with Gasteiger partial charge in [-0.15, -0.1) is 11.8 Å². The lowest BCUT2D eigenvalue weighted by atomic mass is 10.2. The van der Waals surface area contributed by atoms with Crippen LogP contribution in [-0.2, 0) is 10.5 Å². The van der Waals surface area contributed by atoms with Gasteiger partial charge in [-0.05, 0) is 52.3 Å². The fourth-order valence-electron chi connectivity index (χ4n) is 2.59. The summed E-state index contributed by atoms with van der Waals surface area (Å²) in [6, 6.07) is 7.12. The Labute approximate surface area is 155 Å². The van der Waals surface area contributed by atoms with E-state index in [0.717, 1.165) is 12.1 Å². The number of amides is 1. The highest BCUT2D eigenvalue weighted by atomic mass is 32.2. The fraction of sp³-hybridized carbons (Fsp3) is 0.526. The molecule has 25 heavy (non-hydrogen) atoms. The number of carbonyl (C=O) groups is 1. The maximum atomic E-state index is 13.0. The smallest absolute Gasteiger partial charge is 0.259 e. The zero-order valence-corrected chi connectivity index (χ0v) is 16.6. The summed E-state index contributed by atoms with van der Waals surface area (Å²) in [5.74, 6) is 0.151. The van der Waals surface area contributed by atoms with Gasteiger partial charge in [0.25, 0.3) is 5.91 Å². The van der Waals surface area contributed by atoms with Crippen LogP contribution in [0.4, 0.5) is 4.39 Å². The molecular weight excluding hydrogens is 337 g/mol. The van der Waals surface area contributed by atoms with E-state index < -0.39 is 0 Å². The van der Waals surface area contributed by atoms with Crippen molar-refractivity contribution in [2.75, 3.05) is 13.1 Å². The van der Waals surface area contributed by atoms with E-state index >= 15 is 0 Å². The van der Waals surface area contributed by atoms with Crippen LogP contribution in [0, 0.1) is 5.82 Å². The van der Waals surface area contributed by atoms with E-state index in [1.54, 1.807) is 19.1 Å². The number of nitrogens with one attached hydrogen (secondary N) is 1. The van der Waals surface area contributed by atoms with Gasteiger partial charge in [0.1, 0.15) is 5.82 Å². The molecule has 6 heteroatoms. The summed E-state index contributed by atoms with van der Waals surface area (Å²) in [5, 5.41) is 2.95. The van der Waals surface area contributed by atoms with Crippen LogP contribution in [0.1, 0.15) is 40.2 Å². The molecule has 0 radical (unpaired) electrons. The Kier molecular flexibility index (Phi) is 9.00. The molecule has 1 amide bonds. The summed E-state index contributed by atoms with van der Waals surface area (Å²) in [5.41, 5.74) is 7.32. The number of thioether (sulfide) groups is 1. The first-order valence-electron chi connectivity index (χ1n) is 8.60. The van der Waals surface area contributed by atoms with Gasteiger partial charge in [-0.2, -0.15) is 0 Å². The number of carbonyl (C=O) groups excluding carboxylic acids is 1. The average molecular weight is 368 g/mol. The highest BCUT2D eigenvalue weighted by Gasteiger charge is 2.16. The minimum atomic E-state index is -0.267. The lowest BCUT2D eigenvalue weighted by molar-refractivity contribution is -0.116. The minimum absolute atomic E-state index is 0.153. The van der Waals surface area contributed by atoms with Gasteiger partial charge in [-0.1, -0.05) is 12.1 Å². The van der Waals surface area contributed by atoms with E-state index in [9.17, 15) is 9.18 Å². The number of halogens is 1. The average Bonchev–Trinajstić information content (AvgIpc) is 2.52. The van der Waals surface area contributed by atoms with Crippen molar-refractivity contribution in [2.24, 2.45) is 5.73 Å². The van der Waals surface area contributed by atoms with Crippen molar-refractivity contribution in [1.29, 1.82) is 0 Å². The van der Waals surface area contributed by atoms with Crippen LogP contribution in [0.25, 0.3) is 0 Å². The Hall–Kier alpha value is -1.53. The van der Waals surface area contributed by atoms with Crippen molar-refractivity contribution in [3.8, 4) is 0 Å². The number of rotatable bonds is 9. The summed E-state index contributed by atoms with van der Waals surface area (Å²) < 4.78 is 13.0. The Bertz CT molecular complexity index is 573. The number of hydrogen-bond donors (Lipinski definition) is 2. The van der Waals surface area contributed by atoms with Crippen LogP contribution in [0.5, 0.6) is 0 Å². The molecule has 0 unspecified atom stereocenters. The van der Waals surface area contributed by atoms with Crippen LogP contribution in [0.15, 0.2) is 34.9 Å². The van der Waals surface area contributed by atoms with Crippen LogP contribution < -0.4 is 11.1 Å². The third-order valence-electron chi connectivity index (χ3n) is 3.84. The van der Waals surface area contributed by atoms with E-state index in [0.29, 0.717) is 35.0 Å². The second-order valence-corrected chi connectivity index (χ2v) is 7.59. The molecule has 1 rings (SSSR count). The van der Waals surface area contributed by atoms with Gasteiger partial charge in [0.15, 0.2) is 0 Å². The van der Waals surface area contributed by atoms with Crippen LogP contribution in [0.2, 0.25) is 0 Å². The van der Waals surface area contributed by atoms with E-state index in [1.807, 2.05) is 0 Å². The SMILES string of the molecule is C/C(N)=C(/SCc1ccc(F)cc1)C(=O)NCCN(C(C)C)C(C)C. The number of nitrogens with two attached hydrogens (primary N) is 1. The predicted octanol–water partition coefficient (Wildman–Crippen LogP) is 3.48. The molecule has 1 aromatic rings. The largest absolute Gasteiger partial charge is 0.401 e. The second-order valence-electron chi connectivity index (χ2n) is 6.61. The van der Waals surface area contributed by atoms with Crippen molar-refractivity contribution < 1.29 is 9.18 Å². The molecule has 1 aromatic carbocycles. The molecule has 140 valence electrons. The number of hydrogen-bond acceptors (Lipinski definition) is 4. The number of nitrogens with zero attached hydrogens (tertiary/aromatic N) is 1. The topological polar surface area (TPSA) is 58.4 Å². The zero-order chi connectivity index (χ0) is 19.0. The maximum absolute atomic E-state index is 13.0. The molecule has 3 N–H and O–H groups in total. The number of allylic oxidation sites excluding steroid dienone is 1. The van der Waals surface area contributed by atoms with E-state index in [-0.39, 0.29) is 11.7 Å². The second kappa shape index (κ2) is 10.5. The summed E-state index contributed by atoms with van der Waals surface area (Å²) in [4.78, 5) is 15.3. The fourth-order valence-corrected chi connectivity index (χ4v) is 3.52. The molecule has 0 aliphatic carbocycles. The zero-order valence-electron chi connectivity index (χ0n) is 15.8. The lowest BCUT2D eigenvalue weighted by Crippen LogP contribution is -2.42. The molecule has 0 aromatic heterocycles. The first-order chi connectivity index (χ1) is 11.7. The van der Waals surface area contributed by atoms with E-state index in [4.69, 9.17) is 5.73 Å². The Morgan fingerprint density at radius 2 is 1.76 bits per heavy atom. The monoisotopic (exact) mass is 367 g/mol. The predicted molar refractivity (Wildman–Crippen MR) is 105 cm³/mol. The Morgan fingerprint density at radius 3 is 2.24 bits per heavy atom. The molecule has 0 saturated heterocycles. The van der Waals surface area contributed by atoms with Crippen LogP contribution in [-0.4, -0.2) is 36.0 Å². The third kappa shape index (κ3) is 7.48. The van der Waals surface area contributed by atoms with Gasteiger partial charge in [-0.25, -0.2) is 4.39 Å². The van der Waals surface area contributed by atoms with E-state index in [2.05, 4.69) is 37.9 Å². The summed E-state index contributed by atoms with van der Waals surface area (Å²) in [6.45, 7) is 11.7. The van der Waals surface area contributed by atoms with Crippen molar-refractivity contribution in [2.45, 2.75) is 52.5 Å². The minimum Gasteiger partial charge on any atom is -0.401 e. The highest BCUT2D eigenvalue weighted by Crippen LogP contribution is 2.23. The van der Waals surface area contributed by atoms with Gasteiger partial charge in [0, 0.05) is 36.6 Å².